The zero-order valence-corrected chi connectivity index (χ0v) is 11.1. The van der Waals surface area contributed by atoms with E-state index in [0.717, 1.165) is 36.3 Å². The SMILES string of the molecule is COc1cc(OC)cc(C(C)N(C=O)C2CC2)c1. The lowest BCUT2D eigenvalue weighted by atomic mass is 10.1. The molecule has 1 aliphatic carbocycles. The molecule has 1 saturated carbocycles. The summed E-state index contributed by atoms with van der Waals surface area (Å²) < 4.78 is 10.5. The van der Waals surface area contributed by atoms with Crippen molar-refractivity contribution in [3.05, 3.63) is 23.8 Å². The van der Waals surface area contributed by atoms with Gasteiger partial charge in [0.1, 0.15) is 11.5 Å². The summed E-state index contributed by atoms with van der Waals surface area (Å²) in [6, 6.07) is 6.17. The highest BCUT2D eigenvalue weighted by atomic mass is 16.5. The highest BCUT2D eigenvalue weighted by Gasteiger charge is 2.31. The van der Waals surface area contributed by atoms with E-state index in [1.165, 1.54) is 0 Å². The van der Waals surface area contributed by atoms with Gasteiger partial charge in [-0.15, -0.1) is 0 Å². The number of benzene rings is 1. The van der Waals surface area contributed by atoms with Crippen LogP contribution in [0.1, 0.15) is 31.4 Å². The summed E-state index contributed by atoms with van der Waals surface area (Å²) in [5.41, 5.74) is 1.03. The van der Waals surface area contributed by atoms with Crippen LogP contribution < -0.4 is 9.47 Å². The maximum Gasteiger partial charge on any atom is 0.210 e. The molecule has 0 aromatic heterocycles. The van der Waals surface area contributed by atoms with Crippen LogP contribution in [0, 0.1) is 0 Å². The first-order valence-corrected chi connectivity index (χ1v) is 6.15. The summed E-state index contributed by atoms with van der Waals surface area (Å²) >= 11 is 0. The van der Waals surface area contributed by atoms with Crippen LogP contribution in [-0.2, 0) is 4.79 Å². The van der Waals surface area contributed by atoms with Crippen LogP contribution in [0.5, 0.6) is 11.5 Å². The number of nitrogens with zero attached hydrogens (tertiary/aromatic N) is 1. The van der Waals surface area contributed by atoms with E-state index in [4.69, 9.17) is 9.47 Å². The predicted octanol–water partition coefficient (Wildman–Crippen LogP) is 2.39. The summed E-state index contributed by atoms with van der Waals surface area (Å²) in [5, 5.41) is 0. The molecule has 0 spiro atoms. The highest BCUT2D eigenvalue weighted by molar-refractivity contribution is 5.51. The number of carbonyl (C=O) groups excluding carboxylic acids is 1. The normalized spacial score (nSPS) is 15.9. The smallest absolute Gasteiger partial charge is 0.210 e. The van der Waals surface area contributed by atoms with Crippen molar-refractivity contribution in [1.82, 2.24) is 4.90 Å². The van der Waals surface area contributed by atoms with Crippen molar-refractivity contribution in [3.8, 4) is 11.5 Å². The van der Waals surface area contributed by atoms with Gasteiger partial charge in [0.15, 0.2) is 0 Å². The molecule has 0 radical (unpaired) electrons. The van der Waals surface area contributed by atoms with Crippen LogP contribution >= 0.6 is 0 Å². The number of hydrogen-bond acceptors (Lipinski definition) is 3. The Balaban J connectivity index is 2.27. The molecular weight excluding hydrogens is 230 g/mol. The first kappa shape index (κ1) is 12.7. The van der Waals surface area contributed by atoms with Gasteiger partial charge in [-0.3, -0.25) is 4.79 Å². The predicted molar refractivity (Wildman–Crippen MR) is 68.9 cm³/mol. The quantitative estimate of drug-likeness (QED) is 0.727. The molecule has 1 amide bonds. The Bertz CT molecular complexity index is 407. The Morgan fingerprint density at radius 1 is 1.22 bits per heavy atom. The van der Waals surface area contributed by atoms with Crippen LogP contribution in [0.25, 0.3) is 0 Å². The maximum atomic E-state index is 11.2. The second-order valence-electron chi connectivity index (χ2n) is 4.61. The minimum absolute atomic E-state index is 0.0407. The highest BCUT2D eigenvalue weighted by Crippen LogP contribution is 2.35. The van der Waals surface area contributed by atoms with E-state index in [1.54, 1.807) is 14.2 Å². The summed E-state index contributed by atoms with van der Waals surface area (Å²) in [6.07, 6.45) is 3.14. The van der Waals surface area contributed by atoms with Crippen molar-refractivity contribution in [2.24, 2.45) is 0 Å². The van der Waals surface area contributed by atoms with Crippen molar-refractivity contribution in [3.63, 3.8) is 0 Å². The minimum atomic E-state index is 0.0407. The number of carbonyl (C=O) groups is 1. The number of ether oxygens (including phenoxy) is 2. The van der Waals surface area contributed by atoms with E-state index in [1.807, 2.05) is 30.0 Å². The largest absolute Gasteiger partial charge is 0.497 e. The third-order valence-electron chi connectivity index (χ3n) is 3.39. The van der Waals surface area contributed by atoms with Crippen molar-refractivity contribution in [2.45, 2.75) is 31.8 Å². The summed E-state index contributed by atoms with van der Waals surface area (Å²) in [5.74, 6) is 1.50. The Morgan fingerprint density at radius 2 is 1.78 bits per heavy atom. The Kier molecular flexibility index (Phi) is 3.75. The molecule has 0 heterocycles. The first-order chi connectivity index (χ1) is 8.69. The minimum Gasteiger partial charge on any atom is -0.497 e. The first-order valence-electron chi connectivity index (χ1n) is 6.15. The zero-order chi connectivity index (χ0) is 13.1. The molecule has 4 heteroatoms. The third-order valence-corrected chi connectivity index (χ3v) is 3.39. The lowest BCUT2D eigenvalue weighted by molar-refractivity contribution is -0.120. The van der Waals surface area contributed by atoms with E-state index in [9.17, 15) is 4.79 Å². The van der Waals surface area contributed by atoms with Crippen molar-refractivity contribution in [1.29, 1.82) is 0 Å². The van der Waals surface area contributed by atoms with Gasteiger partial charge in [-0.2, -0.15) is 0 Å². The fourth-order valence-electron chi connectivity index (χ4n) is 2.11. The van der Waals surface area contributed by atoms with Gasteiger partial charge in [-0.05, 0) is 37.5 Å². The van der Waals surface area contributed by atoms with Crippen LogP contribution in [0.15, 0.2) is 18.2 Å². The van der Waals surface area contributed by atoms with Crippen molar-refractivity contribution < 1.29 is 14.3 Å². The van der Waals surface area contributed by atoms with E-state index in [2.05, 4.69) is 0 Å². The average Bonchev–Trinajstić information content (AvgIpc) is 3.23. The van der Waals surface area contributed by atoms with Gasteiger partial charge in [0.2, 0.25) is 6.41 Å². The lowest BCUT2D eigenvalue weighted by Gasteiger charge is -2.26. The van der Waals surface area contributed by atoms with Crippen LogP contribution in [0.2, 0.25) is 0 Å². The average molecular weight is 249 g/mol. The van der Waals surface area contributed by atoms with E-state index in [0.29, 0.717) is 6.04 Å². The maximum absolute atomic E-state index is 11.2. The number of amides is 1. The second-order valence-corrected chi connectivity index (χ2v) is 4.61. The monoisotopic (exact) mass is 249 g/mol. The van der Waals surface area contributed by atoms with E-state index < -0.39 is 0 Å². The second kappa shape index (κ2) is 5.29. The molecule has 1 fully saturated rings. The Labute approximate surface area is 107 Å². The molecule has 1 atom stereocenters. The summed E-state index contributed by atoms with van der Waals surface area (Å²) in [7, 11) is 3.25. The number of hydrogen-bond donors (Lipinski definition) is 0. The van der Waals surface area contributed by atoms with Crippen LogP contribution in [0.4, 0.5) is 0 Å². The van der Waals surface area contributed by atoms with E-state index in [-0.39, 0.29) is 6.04 Å². The molecular formula is C14H19NO3. The molecule has 98 valence electrons. The Morgan fingerprint density at radius 3 is 2.17 bits per heavy atom. The molecule has 0 N–H and O–H groups in total. The van der Waals surface area contributed by atoms with Gasteiger partial charge in [0, 0.05) is 12.1 Å². The number of rotatable bonds is 6. The van der Waals surface area contributed by atoms with Crippen molar-refractivity contribution >= 4 is 6.41 Å². The molecule has 1 unspecified atom stereocenters. The standard InChI is InChI=1S/C14H19NO3/c1-10(15(9-16)12-4-5-12)11-6-13(17-2)8-14(7-11)18-3/h6-10,12H,4-5H2,1-3H3. The fourth-order valence-corrected chi connectivity index (χ4v) is 2.11. The lowest BCUT2D eigenvalue weighted by Crippen LogP contribution is -2.27. The fraction of sp³-hybridized carbons (Fsp3) is 0.500. The Hall–Kier alpha value is -1.71. The molecule has 1 aliphatic rings. The number of methoxy groups -OCH3 is 2. The zero-order valence-electron chi connectivity index (χ0n) is 11.1. The molecule has 0 aliphatic heterocycles. The van der Waals surface area contributed by atoms with Gasteiger partial charge in [0.25, 0.3) is 0 Å². The van der Waals surface area contributed by atoms with E-state index >= 15 is 0 Å². The molecule has 1 aromatic carbocycles. The van der Waals surface area contributed by atoms with Gasteiger partial charge in [0.05, 0.1) is 20.3 Å². The molecule has 18 heavy (non-hydrogen) atoms. The molecule has 0 saturated heterocycles. The molecule has 4 nitrogen and oxygen atoms in total. The summed E-state index contributed by atoms with van der Waals surface area (Å²) in [6.45, 7) is 2.03. The van der Waals surface area contributed by atoms with Gasteiger partial charge >= 0.3 is 0 Å². The van der Waals surface area contributed by atoms with Gasteiger partial charge in [-0.25, -0.2) is 0 Å². The van der Waals surface area contributed by atoms with Gasteiger partial charge < -0.3 is 14.4 Å². The topological polar surface area (TPSA) is 38.8 Å². The van der Waals surface area contributed by atoms with Crippen molar-refractivity contribution in [2.75, 3.05) is 14.2 Å². The molecule has 2 rings (SSSR count). The van der Waals surface area contributed by atoms with Crippen LogP contribution in [-0.4, -0.2) is 31.6 Å². The van der Waals surface area contributed by atoms with Gasteiger partial charge in [-0.1, -0.05) is 0 Å². The molecule has 1 aromatic rings. The third kappa shape index (κ3) is 2.58. The molecule has 0 bridgehead atoms. The summed E-state index contributed by atoms with van der Waals surface area (Å²) in [4.78, 5) is 13.0. The van der Waals surface area contributed by atoms with Crippen LogP contribution in [0.3, 0.4) is 0 Å².